The minimum absolute atomic E-state index is 0.00244. The number of anilines is 2. The highest BCUT2D eigenvalue weighted by atomic mass is 35.5. The van der Waals surface area contributed by atoms with Gasteiger partial charge in [-0.1, -0.05) is 11.6 Å². The van der Waals surface area contributed by atoms with Gasteiger partial charge in [-0.3, -0.25) is 9.59 Å². The first-order chi connectivity index (χ1) is 11.0. The number of benzene rings is 2. The lowest BCUT2D eigenvalue weighted by molar-refractivity contribution is -0.117. The van der Waals surface area contributed by atoms with E-state index in [0.29, 0.717) is 24.2 Å². The molecule has 0 unspecified atom stereocenters. The van der Waals surface area contributed by atoms with Crippen molar-refractivity contribution in [2.45, 2.75) is 12.8 Å². The standard InChI is InChI=1S/C17H14ClFN2O2/c18-14-8-5-12(10-15(14)19)20-17(23)11-3-6-13(7-4-11)21-9-1-2-16(21)22/h3-8,10H,1-2,9H2,(H,20,23). The first-order valence-corrected chi connectivity index (χ1v) is 7.59. The van der Waals surface area contributed by atoms with Crippen molar-refractivity contribution in [1.29, 1.82) is 0 Å². The Morgan fingerprint density at radius 1 is 1.17 bits per heavy atom. The number of nitrogens with zero attached hydrogens (tertiary/aromatic N) is 1. The maximum atomic E-state index is 13.4. The normalized spacial score (nSPS) is 14.2. The van der Waals surface area contributed by atoms with Crippen molar-refractivity contribution in [2.24, 2.45) is 0 Å². The highest BCUT2D eigenvalue weighted by Gasteiger charge is 2.21. The van der Waals surface area contributed by atoms with Gasteiger partial charge >= 0.3 is 0 Å². The quantitative estimate of drug-likeness (QED) is 0.928. The fourth-order valence-corrected chi connectivity index (χ4v) is 2.61. The molecule has 6 heteroatoms. The summed E-state index contributed by atoms with van der Waals surface area (Å²) in [5.74, 6) is -0.850. The summed E-state index contributed by atoms with van der Waals surface area (Å²) >= 11 is 5.61. The van der Waals surface area contributed by atoms with Gasteiger partial charge in [0, 0.05) is 29.9 Å². The van der Waals surface area contributed by atoms with E-state index >= 15 is 0 Å². The van der Waals surface area contributed by atoms with Gasteiger partial charge < -0.3 is 10.2 Å². The van der Waals surface area contributed by atoms with Crippen molar-refractivity contribution in [2.75, 3.05) is 16.8 Å². The molecule has 1 aliphatic rings. The van der Waals surface area contributed by atoms with E-state index in [2.05, 4.69) is 5.32 Å². The Balaban J connectivity index is 1.72. The van der Waals surface area contributed by atoms with E-state index in [1.165, 1.54) is 12.1 Å². The number of hydrogen-bond donors (Lipinski definition) is 1. The molecule has 3 rings (SSSR count). The van der Waals surface area contributed by atoms with Gasteiger partial charge in [0.15, 0.2) is 0 Å². The zero-order valence-corrected chi connectivity index (χ0v) is 12.9. The van der Waals surface area contributed by atoms with Crippen molar-refractivity contribution < 1.29 is 14.0 Å². The fourth-order valence-electron chi connectivity index (χ4n) is 2.49. The average Bonchev–Trinajstić information content (AvgIpc) is 2.97. The van der Waals surface area contributed by atoms with Gasteiger partial charge in [0.1, 0.15) is 5.82 Å². The van der Waals surface area contributed by atoms with E-state index in [4.69, 9.17) is 11.6 Å². The number of carbonyl (C=O) groups is 2. The highest BCUT2D eigenvalue weighted by Crippen LogP contribution is 2.23. The van der Waals surface area contributed by atoms with Crippen LogP contribution in [0.4, 0.5) is 15.8 Å². The van der Waals surface area contributed by atoms with Crippen molar-refractivity contribution in [3.05, 3.63) is 58.9 Å². The number of carbonyl (C=O) groups excluding carboxylic acids is 2. The second kappa shape index (κ2) is 6.38. The van der Waals surface area contributed by atoms with Crippen molar-refractivity contribution in [1.82, 2.24) is 0 Å². The van der Waals surface area contributed by atoms with Crippen LogP contribution in [-0.2, 0) is 4.79 Å². The Labute approximate surface area is 137 Å². The van der Waals surface area contributed by atoms with Gasteiger partial charge in [0.25, 0.3) is 5.91 Å². The van der Waals surface area contributed by atoms with Crippen molar-refractivity contribution in [3.8, 4) is 0 Å². The van der Waals surface area contributed by atoms with Gasteiger partial charge in [-0.2, -0.15) is 0 Å². The topological polar surface area (TPSA) is 49.4 Å². The molecule has 1 heterocycles. The van der Waals surface area contributed by atoms with Crippen LogP contribution in [-0.4, -0.2) is 18.4 Å². The van der Waals surface area contributed by atoms with Crippen LogP contribution in [0.1, 0.15) is 23.2 Å². The van der Waals surface area contributed by atoms with Gasteiger partial charge in [-0.05, 0) is 48.9 Å². The maximum absolute atomic E-state index is 13.4. The third-order valence-corrected chi connectivity index (χ3v) is 4.00. The summed E-state index contributed by atoms with van der Waals surface area (Å²) in [7, 11) is 0. The Bertz CT molecular complexity index is 762. The molecule has 4 nitrogen and oxygen atoms in total. The highest BCUT2D eigenvalue weighted by molar-refractivity contribution is 6.30. The zero-order valence-electron chi connectivity index (χ0n) is 12.2. The molecule has 2 aromatic rings. The van der Waals surface area contributed by atoms with Gasteiger partial charge in [-0.25, -0.2) is 4.39 Å². The molecule has 1 saturated heterocycles. The molecule has 0 atom stereocenters. The lowest BCUT2D eigenvalue weighted by atomic mass is 10.1. The molecule has 118 valence electrons. The monoisotopic (exact) mass is 332 g/mol. The molecule has 1 fully saturated rings. The third kappa shape index (κ3) is 3.35. The van der Waals surface area contributed by atoms with Gasteiger partial charge in [-0.15, -0.1) is 0 Å². The van der Waals surface area contributed by atoms with Crippen LogP contribution in [0, 0.1) is 5.82 Å². The van der Waals surface area contributed by atoms with E-state index < -0.39 is 5.82 Å². The number of amides is 2. The van der Waals surface area contributed by atoms with Gasteiger partial charge in [0.2, 0.25) is 5.91 Å². The zero-order chi connectivity index (χ0) is 16.4. The summed E-state index contributed by atoms with van der Waals surface area (Å²) in [5, 5.41) is 2.61. The van der Waals surface area contributed by atoms with Crippen LogP contribution in [0.15, 0.2) is 42.5 Å². The van der Waals surface area contributed by atoms with E-state index in [0.717, 1.165) is 18.2 Å². The molecule has 0 spiro atoms. The van der Waals surface area contributed by atoms with E-state index in [-0.39, 0.29) is 16.8 Å². The molecule has 0 saturated carbocycles. The molecule has 2 amide bonds. The lowest BCUT2D eigenvalue weighted by Crippen LogP contribution is -2.23. The van der Waals surface area contributed by atoms with E-state index in [1.807, 2.05) is 0 Å². The Morgan fingerprint density at radius 3 is 2.52 bits per heavy atom. The average molecular weight is 333 g/mol. The molecule has 0 radical (unpaired) electrons. The number of rotatable bonds is 3. The van der Waals surface area contributed by atoms with Crippen molar-refractivity contribution >= 4 is 34.8 Å². The Kier molecular flexibility index (Phi) is 4.30. The molecule has 1 aliphatic heterocycles. The third-order valence-electron chi connectivity index (χ3n) is 3.69. The summed E-state index contributed by atoms with van der Waals surface area (Å²) in [6.07, 6.45) is 1.41. The summed E-state index contributed by atoms with van der Waals surface area (Å²) in [6.45, 7) is 0.703. The number of nitrogens with one attached hydrogen (secondary N) is 1. The predicted molar refractivity (Wildman–Crippen MR) is 87.4 cm³/mol. The first-order valence-electron chi connectivity index (χ1n) is 7.21. The second-order valence-electron chi connectivity index (χ2n) is 5.28. The van der Waals surface area contributed by atoms with Crippen LogP contribution in [0.3, 0.4) is 0 Å². The lowest BCUT2D eigenvalue weighted by Gasteiger charge is -2.15. The smallest absolute Gasteiger partial charge is 0.255 e. The second-order valence-corrected chi connectivity index (χ2v) is 5.69. The molecule has 2 aromatic carbocycles. The summed E-state index contributed by atoms with van der Waals surface area (Å²) in [5.41, 5.74) is 1.54. The molecule has 1 N–H and O–H groups in total. The summed E-state index contributed by atoms with van der Waals surface area (Å²) in [4.78, 5) is 25.6. The van der Waals surface area contributed by atoms with Crippen LogP contribution in [0.5, 0.6) is 0 Å². The Hall–Kier alpha value is -2.40. The number of halogens is 2. The van der Waals surface area contributed by atoms with Crippen LogP contribution in [0.2, 0.25) is 5.02 Å². The van der Waals surface area contributed by atoms with Crippen molar-refractivity contribution in [3.63, 3.8) is 0 Å². The summed E-state index contributed by atoms with van der Waals surface area (Å²) in [6, 6.07) is 10.8. The SMILES string of the molecule is O=C(Nc1ccc(Cl)c(F)c1)c1ccc(N2CCCC2=O)cc1. The van der Waals surface area contributed by atoms with Gasteiger partial charge in [0.05, 0.1) is 5.02 Å². The summed E-state index contributed by atoms with van der Waals surface area (Å²) < 4.78 is 13.4. The minimum Gasteiger partial charge on any atom is -0.322 e. The molecule has 0 aliphatic carbocycles. The van der Waals surface area contributed by atoms with E-state index in [9.17, 15) is 14.0 Å². The molecular weight excluding hydrogens is 319 g/mol. The van der Waals surface area contributed by atoms with E-state index in [1.54, 1.807) is 29.2 Å². The van der Waals surface area contributed by atoms with Crippen LogP contribution in [0.25, 0.3) is 0 Å². The maximum Gasteiger partial charge on any atom is 0.255 e. The molecule has 23 heavy (non-hydrogen) atoms. The predicted octanol–water partition coefficient (Wildman–Crippen LogP) is 3.86. The molecular formula is C17H14ClFN2O2. The molecule has 0 bridgehead atoms. The van der Waals surface area contributed by atoms with Crippen LogP contribution < -0.4 is 10.2 Å². The molecule has 0 aromatic heterocycles. The number of hydrogen-bond acceptors (Lipinski definition) is 2. The fraction of sp³-hybridized carbons (Fsp3) is 0.176. The Morgan fingerprint density at radius 2 is 1.91 bits per heavy atom. The largest absolute Gasteiger partial charge is 0.322 e. The first kappa shape index (κ1) is 15.5. The minimum atomic E-state index is -0.590. The van der Waals surface area contributed by atoms with Crippen LogP contribution >= 0.6 is 11.6 Å².